The second-order valence-corrected chi connectivity index (χ2v) is 5.19. The van der Waals surface area contributed by atoms with Crippen LogP contribution in [-0.4, -0.2) is 14.8 Å². The van der Waals surface area contributed by atoms with Gasteiger partial charge in [-0.3, -0.25) is 4.57 Å². The summed E-state index contributed by atoms with van der Waals surface area (Å²) in [6, 6.07) is 15.5. The fraction of sp³-hybridized carbons (Fsp3) is 0.0667. The Labute approximate surface area is 126 Å². The van der Waals surface area contributed by atoms with Gasteiger partial charge in [0.25, 0.3) is 0 Å². The van der Waals surface area contributed by atoms with E-state index in [1.54, 1.807) is 4.57 Å². The second-order valence-electron chi connectivity index (χ2n) is 4.45. The number of hydrogen-bond acceptors (Lipinski definition) is 2. The lowest BCUT2D eigenvalue weighted by molar-refractivity contribution is 1.06. The topological polar surface area (TPSA) is 30.7 Å². The van der Waals surface area contributed by atoms with Crippen LogP contribution >= 0.6 is 23.2 Å². The predicted octanol–water partition coefficient (Wildman–Crippen LogP) is 4.55. The molecule has 20 heavy (non-hydrogen) atoms. The first-order chi connectivity index (χ1) is 9.66. The van der Waals surface area contributed by atoms with Crippen LogP contribution in [0.4, 0.5) is 0 Å². The molecule has 0 aliphatic carbocycles. The maximum atomic E-state index is 6.32. The summed E-state index contributed by atoms with van der Waals surface area (Å²) in [5, 5.41) is 9.00. The molecule has 3 aromatic rings. The van der Waals surface area contributed by atoms with Crippen LogP contribution in [-0.2, 0) is 0 Å². The summed E-state index contributed by atoms with van der Waals surface area (Å²) in [5.74, 6) is 0.668. The van der Waals surface area contributed by atoms with Gasteiger partial charge in [-0.15, -0.1) is 10.2 Å². The average Bonchev–Trinajstić information content (AvgIpc) is 2.82. The molecule has 0 amide bonds. The Kier molecular flexibility index (Phi) is 3.47. The second kappa shape index (κ2) is 5.27. The molecule has 100 valence electrons. The average molecular weight is 304 g/mol. The quantitative estimate of drug-likeness (QED) is 0.695. The highest BCUT2D eigenvalue weighted by Gasteiger charge is 2.16. The van der Waals surface area contributed by atoms with E-state index in [1.807, 2.05) is 55.5 Å². The van der Waals surface area contributed by atoms with Crippen molar-refractivity contribution in [1.82, 2.24) is 14.8 Å². The number of benzene rings is 2. The van der Waals surface area contributed by atoms with Gasteiger partial charge in [0.05, 0.1) is 10.7 Å². The number of halogens is 2. The van der Waals surface area contributed by atoms with E-state index >= 15 is 0 Å². The van der Waals surface area contributed by atoms with E-state index in [2.05, 4.69) is 10.2 Å². The number of hydrogen-bond donors (Lipinski definition) is 0. The summed E-state index contributed by atoms with van der Waals surface area (Å²) >= 11 is 12.5. The fourth-order valence-corrected chi connectivity index (χ4v) is 2.57. The molecule has 1 heterocycles. The van der Waals surface area contributed by atoms with E-state index in [9.17, 15) is 0 Å². The molecule has 0 saturated carbocycles. The monoisotopic (exact) mass is 303 g/mol. The molecule has 3 nitrogen and oxygen atoms in total. The first-order valence-electron chi connectivity index (χ1n) is 6.09. The normalized spacial score (nSPS) is 10.8. The van der Waals surface area contributed by atoms with Crippen molar-refractivity contribution in [3.05, 3.63) is 64.4 Å². The molecule has 0 unspecified atom stereocenters. The Hall–Kier alpha value is -1.84. The van der Waals surface area contributed by atoms with Gasteiger partial charge in [-0.1, -0.05) is 48.0 Å². The first kappa shape index (κ1) is 13.2. The van der Waals surface area contributed by atoms with Crippen LogP contribution in [0.5, 0.6) is 0 Å². The minimum atomic E-state index is 0.287. The van der Waals surface area contributed by atoms with Gasteiger partial charge in [0, 0.05) is 5.56 Å². The Morgan fingerprint density at radius 2 is 1.70 bits per heavy atom. The standard InChI is InChI=1S/C15H11Cl2N3/c1-10-7-8-13(12(16)9-10)20-14(18-19-15(20)17)11-5-3-2-4-6-11/h2-9H,1H3. The van der Waals surface area contributed by atoms with Crippen molar-refractivity contribution in [1.29, 1.82) is 0 Å². The predicted molar refractivity (Wildman–Crippen MR) is 81.6 cm³/mol. The van der Waals surface area contributed by atoms with Crippen molar-refractivity contribution in [2.75, 3.05) is 0 Å². The summed E-state index contributed by atoms with van der Waals surface area (Å²) in [6.45, 7) is 1.99. The van der Waals surface area contributed by atoms with Crippen molar-refractivity contribution in [3.8, 4) is 17.1 Å². The molecule has 0 aliphatic heterocycles. The molecule has 0 N–H and O–H groups in total. The molecule has 0 saturated heterocycles. The van der Waals surface area contributed by atoms with Crippen LogP contribution in [0.2, 0.25) is 10.3 Å². The number of rotatable bonds is 2. The van der Waals surface area contributed by atoms with Crippen LogP contribution in [0.25, 0.3) is 17.1 Å². The van der Waals surface area contributed by atoms with Gasteiger partial charge in [0.15, 0.2) is 5.82 Å². The molecule has 0 atom stereocenters. The fourth-order valence-electron chi connectivity index (χ4n) is 2.05. The molecule has 3 rings (SSSR count). The highest BCUT2D eigenvalue weighted by Crippen LogP contribution is 2.29. The lowest BCUT2D eigenvalue weighted by Crippen LogP contribution is -1.99. The number of aryl methyl sites for hydroxylation is 1. The lowest BCUT2D eigenvalue weighted by Gasteiger charge is -2.10. The molecule has 2 aromatic carbocycles. The van der Waals surface area contributed by atoms with Gasteiger partial charge >= 0.3 is 0 Å². The summed E-state index contributed by atoms with van der Waals surface area (Å²) in [6.07, 6.45) is 0. The molecule has 1 aromatic heterocycles. The van der Waals surface area contributed by atoms with Gasteiger partial charge in [-0.2, -0.15) is 0 Å². The third kappa shape index (κ3) is 2.30. The van der Waals surface area contributed by atoms with Crippen LogP contribution in [0, 0.1) is 6.92 Å². The largest absolute Gasteiger partial charge is 0.264 e. The Balaban J connectivity index is 2.22. The number of aromatic nitrogens is 3. The SMILES string of the molecule is Cc1ccc(-n2c(Cl)nnc2-c2ccccc2)c(Cl)c1. The van der Waals surface area contributed by atoms with Gasteiger partial charge in [-0.05, 0) is 36.2 Å². The third-order valence-electron chi connectivity index (χ3n) is 3.00. The number of nitrogens with zero attached hydrogens (tertiary/aromatic N) is 3. The van der Waals surface area contributed by atoms with Crippen LogP contribution in [0.15, 0.2) is 48.5 Å². The molecule has 0 fully saturated rings. The minimum absolute atomic E-state index is 0.287. The highest BCUT2D eigenvalue weighted by atomic mass is 35.5. The van der Waals surface area contributed by atoms with Crippen molar-refractivity contribution in [2.45, 2.75) is 6.92 Å². The van der Waals surface area contributed by atoms with Gasteiger partial charge in [0.1, 0.15) is 0 Å². The lowest BCUT2D eigenvalue weighted by atomic mass is 10.2. The maximum Gasteiger partial charge on any atom is 0.229 e. The minimum Gasteiger partial charge on any atom is -0.264 e. The highest BCUT2D eigenvalue weighted by molar-refractivity contribution is 6.33. The smallest absolute Gasteiger partial charge is 0.229 e. The van der Waals surface area contributed by atoms with E-state index in [1.165, 1.54) is 0 Å². The van der Waals surface area contributed by atoms with Crippen LogP contribution in [0.1, 0.15) is 5.56 Å². The van der Waals surface area contributed by atoms with E-state index in [0.717, 1.165) is 16.8 Å². The van der Waals surface area contributed by atoms with Gasteiger partial charge in [0.2, 0.25) is 5.28 Å². The van der Waals surface area contributed by atoms with Crippen LogP contribution < -0.4 is 0 Å². The Morgan fingerprint density at radius 3 is 2.40 bits per heavy atom. The molecular formula is C15H11Cl2N3. The van der Waals surface area contributed by atoms with E-state index < -0.39 is 0 Å². The zero-order chi connectivity index (χ0) is 14.1. The van der Waals surface area contributed by atoms with Crippen LogP contribution in [0.3, 0.4) is 0 Å². The van der Waals surface area contributed by atoms with Crippen molar-refractivity contribution in [3.63, 3.8) is 0 Å². The van der Waals surface area contributed by atoms with Crippen molar-refractivity contribution in [2.24, 2.45) is 0 Å². The van der Waals surface area contributed by atoms with E-state index in [4.69, 9.17) is 23.2 Å². The first-order valence-corrected chi connectivity index (χ1v) is 6.85. The van der Waals surface area contributed by atoms with Crippen molar-refractivity contribution < 1.29 is 0 Å². The maximum absolute atomic E-state index is 6.32. The van der Waals surface area contributed by atoms with E-state index in [0.29, 0.717) is 10.8 Å². The molecule has 0 spiro atoms. The summed E-state index contributed by atoms with van der Waals surface area (Å²) < 4.78 is 1.75. The summed E-state index contributed by atoms with van der Waals surface area (Å²) in [7, 11) is 0. The van der Waals surface area contributed by atoms with Crippen molar-refractivity contribution >= 4 is 23.2 Å². The Bertz CT molecular complexity index is 751. The molecule has 5 heteroatoms. The third-order valence-corrected chi connectivity index (χ3v) is 3.55. The Morgan fingerprint density at radius 1 is 0.950 bits per heavy atom. The molecule has 0 aliphatic rings. The molecule has 0 radical (unpaired) electrons. The molecular weight excluding hydrogens is 293 g/mol. The zero-order valence-corrected chi connectivity index (χ0v) is 12.2. The summed E-state index contributed by atoms with van der Waals surface area (Å²) in [4.78, 5) is 0. The van der Waals surface area contributed by atoms with Gasteiger partial charge < -0.3 is 0 Å². The summed E-state index contributed by atoms with van der Waals surface area (Å²) in [5.41, 5.74) is 2.79. The zero-order valence-electron chi connectivity index (χ0n) is 10.7. The van der Waals surface area contributed by atoms with Gasteiger partial charge in [-0.25, -0.2) is 0 Å². The molecule has 0 bridgehead atoms. The van der Waals surface area contributed by atoms with E-state index in [-0.39, 0.29) is 5.28 Å².